The first kappa shape index (κ1) is 20.9. The van der Waals surface area contributed by atoms with Crippen LogP contribution in [0.2, 0.25) is 0 Å². The zero-order valence-electron chi connectivity index (χ0n) is 14.6. The minimum Gasteiger partial charge on any atom is -0.493 e. The molecule has 0 aliphatic carbocycles. The molecule has 0 saturated heterocycles. The topological polar surface area (TPSA) is 106 Å². The lowest BCUT2D eigenvalue weighted by molar-refractivity contribution is -0.119. The fourth-order valence-corrected chi connectivity index (χ4v) is 3.26. The lowest BCUT2D eigenvalue weighted by atomic mass is 10.2. The molecule has 0 fully saturated rings. The van der Waals surface area contributed by atoms with Gasteiger partial charge in [0, 0.05) is 10.5 Å². The fraction of sp³-hybridized carbons (Fsp3) is 0.176. The zero-order valence-corrected chi connectivity index (χ0v) is 17.0. The van der Waals surface area contributed by atoms with Crippen LogP contribution in [0.5, 0.6) is 11.5 Å². The molecule has 2 rings (SSSR count). The number of carbonyl (C=O) groups excluding carboxylic acids is 1. The van der Waals surface area contributed by atoms with Crippen LogP contribution in [-0.2, 0) is 14.8 Å². The largest absolute Gasteiger partial charge is 0.493 e. The molecule has 0 spiro atoms. The van der Waals surface area contributed by atoms with Crippen molar-refractivity contribution in [1.82, 2.24) is 10.1 Å². The number of sulfonamides is 1. The smallest absolute Gasteiger partial charge is 0.255 e. The maximum Gasteiger partial charge on any atom is 0.255 e. The van der Waals surface area contributed by atoms with E-state index < -0.39 is 22.5 Å². The Kier molecular flexibility index (Phi) is 7.34. The number of methoxy groups -OCH3 is 2. The minimum absolute atomic E-state index is 0.0497. The molecule has 0 bridgehead atoms. The second kappa shape index (κ2) is 9.49. The Morgan fingerprint density at radius 3 is 2.41 bits per heavy atom. The van der Waals surface area contributed by atoms with E-state index in [0.717, 1.165) is 10.0 Å². The molecule has 0 aliphatic heterocycles. The molecule has 0 saturated carbocycles. The molecule has 144 valence electrons. The van der Waals surface area contributed by atoms with Crippen molar-refractivity contribution in [2.45, 2.75) is 4.90 Å². The van der Waals surface area contributed by atoms with E-state index in [0.29, 0.717) is 5.75 Å². The number of rotatable bonds is 8. The zero-order chi connectivity index (χ0) is 19.9. The number of hydrazone groups is 1. The average Bonchev–Trinajstić information content (AvgIpc) is 2.67. The minimum atomic E-state index is -3.90. The van der Waals surface area contributed by atoms with E-state index in [2.05, 4.69) is 31.2 Å². The van der Waals surface area contributed by atoms with Gasteiger partial charge in [-0.3, -0.25) is 4.79 Å². The number of nitrogens with zero attached hydrogens (tertiary/aromatic N) is 1. The third kappa shape index (κ3) is 6.05. The van der Waals surface area contributed by atoms with Crippen molar-refractivity contribution in [2.24, 2.45) is 5.10 Å². The Morgan fingerprint density at radius 2 is 1.78 bits per heavy atom. The Balaban J connectivity index is 1.94. The van der Waals surface area contributed by atoms with Crippen molar-refractivity contribution >= 4 is 38.1 Å². The van der Waals surface area contributed by atoms with Gasteiger partial charge in [0.2, 0.25) is 10.0 Å². The van der Waals surface area contributed by atoms with Crippen LogP contribution in [-0.4, -0.2) is 41.3 Å². The van der Waals surface area contributed by atoms with E-state index in [1.807, 2.05) is 12.1 Å². The molecule has 0 radical (unpaired) electrons. The summed E-state index contributed by atoms with van der Waals surface area (Å²) in [6, 6.07) is 11.4. The van der Waals surface area contributed by atoms with Gasteiger partial charge in [-0.2, -0.15) is 5.10 Å². The van der Waals surface area contributed by atoms with Crippen LogP contribution in [0.15, 0.2) is 56.9 Å². The van der Waals surface area contributed by atoms with Crippen molar-refractivity contribution < 1.29 is 22.7 Å². The van der Waals surface area contributed by atoms with E-state index in [1.54, 1.807) is 12.1 Å². The molecule has 0 heterocycles. The normalized spacial score (nSPS) is 11.4. The number of ether oxygens (including phenoxy) is 2. The molecule has 0 unspecified atom stereocenters. The van der Waals surface area contributed by atoms with Gasteiger partial charge >= 0.3 is 0 Å². The Bertz CT molecular complexity index is 930. The second-order valence-corrected chi connectivity index (χ2v) is 7.87. The number of hydrogen-bond acceptors (Lipinski definition) is 6. The molecule has 2 aromatic rings. The summed E-state index contributed by atoms with van der Waals surface area (Å²) in [4.78, 5) is 11.7. The number of halogens is 1. The summed E-state index contributed by atoms with van der Waals surface area (Å²) in [5, 5.41) is 3.78. The van der Waals surface area contributed by atoms with Crippen LogP contribution in [0.3, 0.4) is 0 Å². The molecule has 0 atom stereocenters. The molecule has 2 aromatic carbocycles. The van der Waals surface area contributed by atoms with Crippen molar-refractivity contribution in [3.63, 3.8) is 0 Å². The van der Waals surface area contributed by atoms with E-state index in [1.165, 1.54) is 38.6 Å². The van der Waals surface area contributed by atoms with E-state index >= 15 is 0 Å². The number of amides is 1. The van der Waals surface area contributed by atoms with Gasteiger partial charge in [-0.1, -0.05) is 28.1 Å². The van der Waals surface area contributed by atoms with E-state index in [4.69, 9.17) is 9.47 Å². The molecule has 0 aliphatic rings. The van der Waals surface area contributed by atoms with Gasteiger partial charge in [0.15, 0.2) is 11.5 Å². The number of benzene rings is 2. The highest BCUT2D eigenvalue weighted by Crippen LogP contribution is 2.29. The Morgan fingerprint density at radius 1 is 1.11 bits per heavy atom. The summed E-state index contributed by atoms with van der Waals surface area (Å²) in [7, 11) is -1.05. The third-order valence-corrected chi connectivity index (χ3v) is 5.29. The fourth-order valence-electron chi connectivity index (χ4n) is 1.99. The van der Waals surface area contributed by atoms with Crippen molar-refractivity contribution in [1.29, 1.82) is 0 Å². The van der Waals surface area contributed by atoms with Gasteiger partial charge in [0.05, 0.1) is 31.9 Å². The Hall–Kier alpha value is -2.43. The first-order chi connectivity index (χ1) is 12.9. The van der Waals surface area contributed by atoms with Crippen LogP contribution < -0.4 is 19.6 Å². The highest BCUT2D eigenvalue weighted by molar-refractivity contribution is 9.10. The highest BCUT2D eigenvalue weighted by Gasteiger charge is 2.18. The molecule has 0 aromatic heterocycles. The van der Waals surface area contributed by atoms with Gasteiger partial charge < -0.3 is 9.47 Å². The van der Waals surface area contributed by atoms with Crippen molar-refractivity contribution in [3.05, 3.63) is 52.5 Å². The van der Waals surface area contributed by atoms with E-state index in [-0.39, 0.29) is 10.6 Å². The van der Waals surface area contributed by atoms with Crippen molar-refractivity contribution in [2.75, 3.05) is 20.8 Å². The first-order valence-electron chi connectivity index (χ1n) is 7.65. The van der Waals surface area contributed by atoms with Crippen LogP contribution in [0.25, 0.3) is 0 Å². The summed E-state index contributed by atoms with van der Waals surface area (Å²) in [6.45, 7) is -0.464. The van der Waals surface area contributed by atoms with Gasteiger partial charge in [-0.05, 0) is 29.8 Å². The predicted octanol–water partition coefficient (Wildman–Crippen LogP) is 1.89. The van der Waals surface area contributed by atoms with Crippen molar-refractivity contribution in [3.8, 4) is 11.5 Å². The average molecular weight is 456 g/mol. The number of hydrogen-bond donors (Lipinski definition) is 2. The monoisotopic (exact) mass is 455 g/mol. The summed E-state index contributed by atoms with van der Waals surface area (Å²) in [5.41, 5.74) is 3.04. The Labute approximate surface area is 165 Å². The number of nitrogens with one attached hydrogen (secondary N) is 2. The SMILES string of the molecule is COc1ccc(S(=O)(=O)NCC(=O)N/N=C\c2ccc(Br)cc2)cc1OC. The van der Waals surface area contributed by atoms with Crippen LogP contribution in [0, 0.1) is 0 Å². The maximum absolute atomic E-state index is 12.3. The first-order valence-corrected chi connectivity index (χ1v) is 9.92. The van der Waals surface area contributed by atoms with Gasteiger partial charge in [-0.15, -0.1) is 0 Å². The van der Waals surface area contributed by atoms with E-state index in [9.17, 15) is 13.2 Å². The molecule has 2 N–H and O–H groups in total. The third-order valence-electron chi connectivity index (χ3n) is 3.36. The molecular weight excluding hydrogens is 438 g/mol. The summed E-state index contributed by atoms with van der Waals surface area (Å²) in [5.74, 6) is 0.0628. The van der Waals surface area contributed by atoms with Gasteiger partial charge in [0.25, 0.3) is 5.91 Å². The van der Waals surface area contributed by atoms with Gasteiger partial charge in [-0.25, -0.2) is 18.6 Å². The van der Waals surface area contributed by atoms with Crippen LogP contribution >= 0.6 is 15.9 Å². The molecule has 10 heteroatoms. The molecular formula is C17H18BrN3O5S. The standard InChI is InChI=1S/C17H18BrN3O5S/c1-25-15-8-7-14(9-16(15)26-2)27(23,24)20-11-17(22)21-19-10-12-3-5-13(18)6-4-12/h3-10,20H,11H2,1-2H3,(H,21,22)/b19-10-. The van der Waals surface area contributed by atoms with Crippen LogP contribution in [0.4, 0.5) is 0 Å². The predicted molar refractivity (Wildman–Crippen MR) is 105 cm³/mol. The molecule has 8 nitrogen and oxygen atoms in total. The lowest BCUT2D eigenvalue weighted by Gasteiger charge is -2.10. The summed E-state index contributed by atoms with van der Waals surface area (Å²) in [6.07, 6.45) is 1.45. The highest BCUT2D eigenvalue weighted by atomic mass is 79.9. The quantitative estimate of drug-likeness (QED) is 0.466. The molecule has 27 heavy (non-hydrogen) atoms. The summed E-state index contributed by atoms with van der Waals surface area (Å²) >= 11 is 3.32. The van der Waals surface area contributed by atoms with Crippen LogP contribution in [0.1, 0.15) is 5.56 Å². The summed E-state index contributed by atoms with van der Waals surface area (Å²) < 4.78 is 37.9. The maximum atomic E-state index is 12.3. The van der Waals surface area contributed by atoms with Gasteiger partial charge in [0.1, 0.15) is 0 Å². The molecule has 1 amide bonds. The number of carbonyl (C=O) groups is 1. The lowest BCUT2D eigenvalue weighted by Crippen LogP contribution is -2.34. The second-order valence-electron chi connectivity index (χ2n) is 5.19.